The molecule has 1 aromatic carbocycles. The zero-order valence-electron chi connectivity index (χ0n) is 12.1. The van der Waals surface area contributed by atoms with Crippen LogP contribution in [-0.4, -0.2) is 0 Å². The lowest BCUT2D eigenvalue weighted by molar-refractivity contribution is 0.662. The minimum atomic E-state index is 0.496. The molecule has 1 aromatic rings. The summed E-state index contributed by atoms with van der Waals surface area (Å²) in [5.74, 6) is 0.496. The van der Waals surface area contributed by atoms with Crippen LogP contribution in [0.4, 0.5) is 5.69 Å². The van der Waals surface area contributed by atoms with Crippen molar-refractivity contribution in [3.05, 3.63) is 48.2 Å². The second-order valence-electron chi connectivity index (χ2n) is 4.97. The van der Waals surface area contributed by atoms with Crippen LogP contribution in [0, 0.1) is 5.92 Å². The lowest BCUT2D eigenvalue weighted by Gasteiger charge is -2.17. The van der Waals surface area contributed by atoms with Crippen LogP contribution in [-0.2, 0) is 6.42 Å². The second-order valence-corrected chi connectivity index (χ2v) is 4.97. The van der Waals surface area contributed by atoms with E-state index in [0.29, 0.717) is 5.92 Å². The van der Waals surface area contributed by atoms with Crippen LogP contribution in [0.25, 0.3) is 5.57 Å². The third-order valence-corrected chi connectivity index (χ3v) is 3.46. The second kappa shape index (κ2) is 6.44. The van der Waals surface area contributed by atoms with E-state index in [0.717, 1.165) is 29.8 Å². The maximum Gasteiger partial charge on any atom is 0.0384 e. The zero-order chi connectivity index (χ0) is 13.7. The van der Waals surface area contributed by atoms with Gasteiger partial charge in [0.2, 0.25) is 0 Å². The Morgan fingerprint density at radius 1 is 1.28 bits per heavy atom. The van der Waals surface area contributed by atoms with Gasteiger partial charge >= 0.3 is 0 Å². The fourth-order valence-electron chi connectivity index (χ4n) is 1.94. The largest absolute Gasteiger partial charge is 0.359 e. The molecule has 0 spiro atoms. The Kier molecular flexibility index (Phi) is 5.21. The molecule has 1 atom stereocenters. The summed E-state index contributed by atoms with van der Waals surface area (Å²) in [6.45, 7) is 16.7. The van der Waals surface area contributed by atoms with Crippen LogP contribution in [0.3, 0.4) is 0 Å². The van der Waals surface area contributed by atoms with Crippen LogP contribution in [0.2, 0.25) is 0 Å². The minimum absolute atomic E-state index is 0.496. The first-order chi connectivity index (χ1) is 8.49. The van der Waals surface area contributed by atoms with Gasteiger partial charge in [-0.15, -0.1) is 0 Å². The average molecular weight is 243 g/mol. The molecule has 0 aromatic heterocycles. The average Bonchev–Trinajstić information content (AvgIpc) is 2.37. The Morgan fingerprint density at radius 3 is 2.44 bits per heavy atom. The fourth-order valence-corrected chi connectivity index (χ4v) is 1.94. The van der Waals surface area contributed by atoms with Crippen LogP contribution in [0.15, 0.2) is 37.1 Å². The van der Waals surface area contributed by atoms with Gasteiger partial charge in [0.15, 0.2) is 0 Å². The van der Waals surface area contributed by atoms with E-state index in [1.54, 1.807) is 0 Å². The topological polar surface area (TPSA) is 12.0 Å². The maximum absolute atomic E-state index is 4.11. The molecule has 0 saturated heterocycles. The van der Waals surface area contributed by atoms with Crippen molar-refractivity contribution in [2.45, 2.75) is 40.5 Å². The Labute approximate surface area is 112 Å². The quantitative estimate of drug-likeness (QED) is 0.719. The summed E-state index contributed by atoms with van der Waals surface area (Å²) in [6.07, 6.45) is 2.13. The molecule has 0 amide bonds. The monoisotopic (exact) mass is 243 g/mol. The summed E-state index contributed by atoms with van der Waals surface area (Å²) >= 11 is 0. The fraction of sp³-hybridized carbons (Fsp3) is 0.412. The zero-order valence-corrected chi connectivity index (χ0v) is 12.1. The normalized spacial score (nSPS) is 12.0. The molecule has 0 bridgehead atoms. The van der Waals surface area contributed by atoms with E-state index in [1.165, 1.54) is 11.1 Å². The molecule has 1 nitrogen and oxygen atoms in total. The molecule has 0 aliphatic rings. The molecule has 1 rings (SSSR count). The van der Waals surface area contributed by atoms with E-state index in [2.05, 4.69) is 64.4 Å². The smallest absolute Gasteiger partial charge is 0.0384 e. The molecular formula is C17H25N. The Balaban J connectivity index is 2.92. The first kappa shape index (κ1) is 14.6. The van der Waals surface area contributed by atoms with Gasteiger partial charge in [-0.05, 0) is 48.9 Å². The number of nitrogens with one attached hydrogen (secondary N) is 1. The van der Waals surface area contributed by atoms with Gasteiger partial charge < -0.3 is 5.32 Å². The van der Waals surface area contributed by atoms with Gasteiger partial charge in [0.05, 0.1) is 0 Å². The van der Waals surface area contributed by atoms with Gasteiger partial charge in [0.25, 0.3) is 0 Å². The van der Waals surface area contributed by atoms with E-state index >= 15 is 0 Å². The highest BCUT2D eigenvalue weighted by Crippen LogP contribution is 2.24. The first-order valence-corrected chi connectivity index (χ1v) is 6.74. The number of allylic oxidation sites excluding steroid dienone is 2. The molecule has 0 fully saturated rings. The van der Waals surface area contributed by atoms with Crippen molar-refractivity contribution < 1.29 is 0 Å². The SMILES string of the molecule is C=C(C)c1ccc(NC(=C)C(C)CC)cc1CC. The number of benzene rings is 1. The molecule has 98 valence electrons. The number of hydrogen-bond acceptors (Lipinski definition) is 1. The Hall–Kier alpha value is -1.50. The Morgan fingerprint density at radius 2 is 1.94 bits per heavy atom. The summed E-state index contributed by atoms with van der Waals surface area (Å²) in [7, 11) is 0. The summed E-state index contributed by atoms with van der Waals surface area (Å²) < 4.78 is 0. The number of anilines is 1. The van der Waals surface area contributed by atoms with E-state index < -0.39 is 0 Å². The Bertz CT molecular complexity index is 443. The first-order valence-electron chi connectivity index (χ1n) is 6.74. The molecule has 0 heterocycles. The van der Waals surface area contributed by atoms with Crippen molar-refractivity contribution in [1.82, 2.24) is 0 Å². The van der Waals surface area contributed by atoms with E-state index in [9.17, 15) is 0 Å². The number of aryl methyl sites for hydroxylation is 1. The maximum atomic E-state index is 4.11. The summed E-state index contributed by atoms with van der Waals surface area (Å²) in [4.78, 5) is 0. The molecule has 1 N–H and O–H groups in total. The molecule has 0 aliphatic carbocycles. The molecule has 0 radical (unpaired) electrons. The van der Waals surface area contributed by atoms with Gasteiger partial charge in [0, 0.05) is 11.4 Å². The van der Waals surface area contributed by atoms with Gasteiger partial charge in [-0.1, -0.05) is 45.6 Å². The van der Waals surface area contributed by atoms with Crippen LogP contribution in [0.5, 0.6) is 0 Å². The molecule has 18 heavy (non-hydrogen) atoms. The van der Waals surface area contributed by atoms with E-state index in [1.807, 2.05) is 0 Å². The van der Waals surface area contributed by atoms with E-state index in [4.69, 9.17) is 0 Å². The highest BCUT2D eigenvalue weighted by molar-refractivity contribution is 5.68. The molecule has 1 unspecified atom stereocenters. The highest BCUT2D eigenvalue weighted by Gasteiger charge is 2.07. The number of rotatable bonds is 6. The lowest BCUT2D eigenvalue weighted by atomic mass is 9.99. The van der Waals surface area contributed by atoms with Crippen molar-refractivity contribution in [2.75, 3.05) is 5.32 Å². The molecular weight excluding hydrogens is 218 g/mol. The van der Waals surface area contributed by atoms with Crippen LogP contribution in [0.1, 0.15) is 45.2 Å². The van der Waals surface area contributed by atoms with Crippen molar-refractivity contribution in [3.63, 3.8) is 0 Å². The van der Waals surface area contributed by atoms with Crippen molar-refractivity contribution in [3.8, 4) is 0 Å². The third-order valence-electron chi connectivity index (χ3n) is 3.46. The lowest BCUT2D eigenvalue weighted by Crippen LogP contribution is -2.07. The summed E-state index contributed by atoms with van der Waals surface area (Å²) in [5, 5.41) is 3.41. The summed E-state index contributed by atoms with van der Waals surface area (Å²) in [5.41, 5.74) is 5.94. The van der Waals surface area contributed by atoms with Gasteiger partial charge in [-0.2, -0.15) is 0 Å². The predicted molar refractivity (Wildman–Crippen MR) is 82.7 cm³/mol. The van der Waals surface area contributed by atoms with Crippen molar-refractivity contribution in [1.29, 1.82) is 0 Å². The van der Waals surface area contributed by atoms with Crippen molar-refractivity contribution >= 4 is 11.3 Å². The number of hydrogen-bond donors (Lipinski definition) is 1. The minimum Gasteiger partial charge on any atom is -0.359 e. The van der Waals surface area contributed by atoms with Crippen LogP contribution < -0.4 is 5.32 Å². The van der Waals surface area contributed by atoms with E-state index in [-0.39, 0.29) is 0 Å². The van der Waals surface area contributed by atoms with Gasteiger partial charge in [0.1, 0.15) is 0 Å². The summed E-state index contributed by atoms with van der Waals surface area (Å²) in [6, 6.07) is 6.46. The van der Waals surface area contributed by atoms with Gasteiger partial charge in [-0.25, -0.2) is 0 Å². The van der Waals surface area contributed by atoms with Crippen LogP contribution >= 0.6 is 0 Å². The standard InChI is InChI=1S/C17H25N/c1-7-13(5)14(6)18-16-9-10-17(12(3)4)15(8-2)11-16/h9-11,13,18H,3,6-8H2,1-2,4-5H3. The molecule has 1 heteroatoms. The predicted octanol–water partition coefficient (Wildman–Crippen LogP) is 5.25. The molecule has 0 aliphatic heterocycles. The molecule has 0 saturated carbocycles. The highest BCUT2D eigenvalue weighted by atomic mass is 14.9. The van der Waals surface area contributed by atoms with Gasteiger partial charge in [-0.3, -0.25) is 0 Å². The van der Waals surface area contributed by atoms with Crippen molar-refractivity contribution in [2.24, 2.45) is 5.92 Å². The third kappa shape index (κ3) is 3.49.